The fourth-order valence-corrected chi connectivity index (χ4v) is 2.52. The first-order chi connectivity index (χ1) is 8.00. The van der Waals surface area contributed by atoms with Gasteiger partial charge >= 0.3 is 0 Å². The third kappa shape index (κ3) is 2.45. The van der Waals surface area contributed by atoms with Crippen LogP contribution in [0, 0.1) is 6.92 Å². The van der Waals surface area contributed by atoms with Gasteiger partial charge in [0, 0.05) is 0 Å². The zero-order valence-electron chi connectivity index (χ0n) is 8.96. The molecule has 0 unspecified atom stereocenters. The average Bonchev–Trinajstić information content (AvgIpc) is 2.30. The van der Waals surface area contributed by atoms with Crippen molar-refractivity contribution in [3.8, 4) is 0 Å². The SMILES string of the molecule is Cc1ccc(S(=O)(=O)c2ccc(Cl)nn2)cc1. The third-order valence-corrected chi connectivity index (χ3v) is 4.08. The number of hydrogen-bond donors (Lipinski definition) is 0. The molecule has 2 rings (SSSR count). The molecule has 2 aromatic rings. The lowest BCUT2D eigenvalue weighted by Crippen LogP contribution is -2.05. The predicted molar refractivity (Wildman–Crippen MR) is 63.7 cm³/mol. The van der Waals surface area contributed by atoms with Crippen molar-refractivity contribution in [2.24, 2.45) is 0 Å². The van der Waals surface area contributed by atoms with E-state index in [1.165, 1.54) is 12.1 Å². The van der Waals surface area contributed by atoms with Crippen LogP contribution in [0.3, 0.4) is 0 Å². The first-order valence-electron chi connectivity index (χ1n) is 4.81. The van der Waals surface area contributed by atoms with E-state index in [9.17, 15) is 8.42 Å². The van der Waals surface area contributed by atoms with Gasteiger partial charge in [0.15, 0.2) is 10.2 Å². The molecule has 0 amide bonds. The lowest BCUT2D eigenvalue weighted by Gasteiger charge is -2.03. The van der Waals surface area contributed by atoms with E-state index in [1.54, 1.807) is 24.3 Å². The predicted octanol–water partition coefficient (Wildman–Crippen LogP) is 2.27. The normalized spacial score (nSPS) is 11.4. The van der Waals surface area contributed by atoms with Gasteiger partial charge in [0.1, 0.15) is 0 Å². The summed E-state index contributed by atoms with van der Waals surface area (Å²) < 4.78 is 24.2. The second-order valence-electron chi connectivity index (χ2n) is 3.51. The van der Waals surface area contributed by atoms with Crippen LogP contribution >= 0.6 is 11.6 Å². The summed E-state index contributed by atoms with van der Waals surface area (Å²) in [5.74, 6) is 0. The van der Waals surface area contributed by atoms with Crippen LogP contribution in [0.25, 0.3) is 0 Å². The highest BCUT2D eigenvalue weighted by atomic mass is 35.5. The molecule has 0 bridgehead atoms. The summed E-state index contributed by atoms with van der Waals surface area (Å²) in [5, 5.41) is 7.16. The zero-order valence-corrected chi connectivity index (χ0v) is 10.5. The molecule has 1 aromatic heterocycles. The van der Waals surface area contributed by atoms with E-state index in [0.717, 1.165) is 5.56 Å². The average molecular weight is 269 g/mol. The van der Waals surface area contributed by atoms with E-state index in [0.29, 0.717) is 0 Å². The molecule has 0 aliphatic rings. The van der Waals surface area contributed by atoms with Gasteiger partial charge < -0.3 is 0 Å². The first kappa shape index (κ1) is 12.0. The summed E-state index contributed by atoms with van der Waals surface area (Å²) in [7, 11) is -3.60. The maximum Gasteiger partial charge on any atom is 0.225 e. The van der Waals surface area contributed by atoms with E-state index < -0.39 is 9.84 Å². The van der Waals surface area contributed by atoms with Crippen molar-refractivity contribution >= 4 is 21.4 Å². The van der Waals surface area contributed by atoms with Gasteiger partial charge in [0.25, 0.3) is 0 Å². The highest BCUT2D eigenvalue weighted by molar-refractivity contribution is 7.91. The van der Waals surface area contributed by atoms with Gasteiger partial charge in [-0.3, -0.25) is 0 Å². The third-order valence-electron chi connectivity index (χ3n) is 2.21. The summed E-state index contributed by atoms with van der Waals surface area (Å²) in [6.45, 7) is 1.89. The lowest BCUT2D eigenvalue weighted by atomic mass is 10.2. The number of aromatic nitrogens is 2. The molecule has 0 spiro atoms. The Labute approximate surface area is 104 Å². The van der Waals surface area contributed by atoms with Gasteiger partial charge in [-0.15, -0.1) is 10.2 Å². The Balaban J connectivity index is 2.50. The van der Waals surface area contributed by atoms with Crippen LogP contribution in [0.4, 0.5) is 0 Å². The van der Waals surface area contributed by atoms with Crippen LogP contribution in [-0.2, 0) is 9.84 Å². The van der Waals surface area contributed by atoms with Crippen molar-refractivity contribution in [3.05, 3.63) is 47.1 Å². The largest absolute Gasteiger partial charge is 0.225 e. The van der Waals surface area contributed by atoms with Gasteiger partial charge in [0.2, 0.25) is 9.84 Å². The van der Waals surface area contributed by atoms with E-state index in [2.05, 4.69) is 10.2 Å². The molecule has 0 saturated heterocycles. The molecule has 4 nitrogen and oxygen atoms in total. The van der Waals surface area contributed by atoms with Crippen LogP contribution < -0.4 is 0 Å². The topological polar surface area (TPSA) is 59.9 Å². The van der Waals surface area contributed by atoms with E-state index in [4.69, 9.17) is 11.6 Å². The zero-order chi connectivity index (χ0) is 12.5. The molecule has 0 aliphatic heterocycles. The molecule has 0 saturated carbocycles. The first-order valence-corrected chi connectivity index (χ1v) is 6.67. The van der Waals surface area contributed by atoms with Crippen molar-refractivity contribution in [1.82, 2.24) is 10.2 Å². The molecule has 0 aliphatic carbocycles. The highest BCUT2D eigenvalue weighted by Crippen LogP contribution is 2.19. The van der Waals surface area contributed by atoms with Crippen molar-refractivity contribution in [1.29, 1.82) is 0 Å². The van der Waals surface area contributed by atoms with Gasteiger partial charge in [0.05, 0.1) is 4.90 Å². The Morgan fingerprint density at radius 2 is 1.65 bits per heavy atom. The molecule has 1 aromatic carbocycles. The monoisotopic (exact) mass is 268 g/mol. The smallest absolute Gasteiger partial charge is 0.217 e. The Kier molecular flexibility index (Phi) is 3.13. The molecule has 6 heteroatoms. The molecule has 0 N–H and O–H groups in total. The molecule has 1 heterocycles. The summed E-state index contributed by atoms with van der Waals surface area (Å²) in [6, 6.07) is 9.29. The lowest BCUT2D eigenvalue weighted by molar-refractivity contribution is 0.590. The second-order valence-corrected chi connectivity index (χ2v) is 5.79. The fraction of sp³-hybridized carbons (Fsp3) is 0.0909. The molecule has 88 valence electrons. The van der Waals surface area contributed by atoms with E-state index >= 15 is 0 Å². The number of hydrogen-bond acceptors (Lipinski definition) is 4. The minimum Gasteiger partial charge on any atom is -0.217 e. The Hall–Kier alpha value is -1.46. The summed E-state index contributed by atoms with van der Waals surface area (Å²) in [5.41, 5.74) is 0.992. The van der Waals surface area contributed by atoms with Crippen LogP contribution in [-0.4, -0.2) is 18.6 Å². The van der Waals surface area contributed by atoms with Crippen LogP contribution in [0.2, 0.25) is 5.15 Å². The van der Waals surface area contributed by atoms with Crippen LogP contribution in [0.1, 0.15) is 5.56 Å². The summed E-state index contributed by atoms with van der Waals surface area (Å²) in [6.07, 6.45) is 0. The van der Waals surface area contributed by atoms with Crippen molar-refractivity contribution < 1.29 is 8.42 Å². The molecular weight excluding hydrogens is 260 g/mol. The minimum absolute atomic E-state index is 0.106. The van der Waals surface area contributed by atoms with Gasteiger partial charge in [-0.1, -0.05) is 29.3 Å². The van der Waals surface area contributed by atoms with E-state index in [1.807, 2.05) is 6.92 Å². The van der Waals surface area contributed by atoms with Crippen molar-refractivity contribution in [2.75, 3.05) is 0 Å². The molecule has 0 fully saturated rings. The van der Waals surface area contributed by atoms with Crippen LogP contribution in [0.5, 0.6) is 0 Å². The molecule has 0 radical (unpaired) electrons. The van der Waals surface area contributed by atoms with Crippen molar-refractivity contribution in [2.45, 2.75) is 16.8 Å². The highest BCUT2D eigenvalue weighted by Gasteiger charge is 2.19. The van der Waals surface area contributed by atoms with Gasteiger partial charge in [-0.25, -0.2) is 8.42 Å². The maximum atomic E-state index is 12.1. The Bertz CT molecular complexity index is 570. The van der Waals surface area contributed by atoms with Gasteiger partial charge in [-0.05, 0) is 31.2 Å². The Morgan fingerprint density at radius 1 is 1.00 bits per heavy atom. The quantitative estimate of drug-likeness (QED) is 0.838. The molecule has 0 atom stereocenters. The summed E-state index contributed by atoms with van der Waals surface area (Å²) >= 11 is 5.56. The molecular formula is C11H9ClN2O2S. The number of rotatable bonds is 2. The van der Waals surface area contributed by atoms with Crippen LogP contribution in [0.15, 0.2) is 46.3 Å². The number of nitrogens with zero attached hydrogens (tertiary/aromatic N) is 2. The molecule has 17 heavy (non-hydrogen) atoms. The number of benzene rings is 1. The summed E-state index contributed by atoms with van der Waals surface area (Å²) in [4.78, 5) is 0.194. The number of sulfone groups is 1. The van der Waals surface area contributed by atoms with Gasteiger partial charge in [-0.2, -0.15) is 0 Å². The minimum atomic E-state index is -3.60. The number of aryl methyl sites for hydroxylation is 1. The Morgan fingerprint density at radius 3 is 2.18 bits per heavy atom. The maximum absolute atomic E-state index is 12.1. The standard InChI is InChI=1S/C11H9ClN2O2S/c1-8-2-4-9(5-3-8)17(15,16)11-7-6-10(12)13-14-11/h2-7H,1H3. The number of halogens is 1. The van der Waals surface area contributed by atoms with E-state index in [-0.39, 0.29) is 15.1 Å². The second kappa shape index (κ2) is 4.43. The van der Waals surface area contributed by atoms with Crippen molar-refractivity contribution in [3.63, 3.8) is 0 Å². The fourth-order valence-electron chi connectivity index (χ4n) is 1.29.